The molecule has 1 aromatic rings. The monoisotopic (exact) mass is 335 g/mol. The number of halogens is 2. The van der Waals surface area contributed by atoms with E-state index in [1.54, 1.807) is 24.3 Å². The van der Waals surface area contributed by atoms with E-state index in [4.69, 9.17) is 11.5 Å². The van der Waals surface area contributed by atoms with Gasteiger partial charge < -0.3 is 11.5 Å². The molecular weight excluding hydrogens is 326 g/mol. The molecule has 6 heteroatoms. The molecule has 15 heavy (non-hydrogen) atoms. The molecule has 0 saturated carbocycles. The largest absolute Gasteiger partial charge is 0.370 e. The Balaban J connectivity index is 0.00000196. The van der Waals surface area contributed by atoms with Crippen LogP contribution in [-0.2, 0) is 0 Å². The average molecular weight is 337 g/mol. The standard InChI is InChI=1S/C9H10BrN3O.BrH/c10-5-8(14)6-1-3-7(4-2-6)13-9(11)12;/h1-4H,5H2,(H4,11,12,13);1H. The highest BCUT2D eigenvalue weighted by Gasteiger charge is 2.02. The van der Waals surface area contributed by atoms with Gasteiger partial charge >= 0.3 is 0 Å². The summed E-state index contributed by atoms with van der Waals surface area (Å²) in [5.41, 5.74) is 11.7. The van der Waals surface area contributed by atoms with E-state index in [0.29, 0.717) is 16.6 Å². The maximum absolute atomic E-state index is 11.2. The predicted molar refractivity (Wildman–Crippen MR) is 70.4 cm³/mol. The highest BCUT2D eigenvalue weighted by molar-refractivity contribution is 9.09. The van der Waals surface area contributed by atoms with Crippen molar-refractivity contribution < 1.29 is 4.79 Å². The van der Waals surface area contributed by atoms with Crippen LogP contribution in [0.5, 0.6) is 0 Å². The SMILES string of the molecule is Br.NC(N)=Nc1ccc(C(=O)CBr)cc1. The van der Waals surface area contributed by atoms with Gasteiger partial charge in [-0.15, -0.1) is 17.0 Å². The molecule has 4 N–H and O–H groups in total. The number of guanidine groups is 1. The second-order valence-corrected chi connectivity index (χ2v) is 3.20. The number of nitrogens with zero attached hydrogens (tertiary/aromatic N) is 1. The van der Waals surface area contributed by atoms with Gasteiger partial charge in [-0.2, -0.15) is 0 Å². The lowest BCUT2D eigenvalue weighted by atomic mass is 10.1. The van der Waals surface area contributed by atoms with E-state index in [-0.39, 0.29) is 28.7 Å². The Bertz CT molecular complexity index is 358. The minimum atomic E-state index is 0. The number of Topliss-reactive ketones (excluding diaryl/α,β-unsaturated/α-hetero) is 1. The van der Waals surface area contributed by atoms with Gasteiger partial charge in [0.2, 0.25) is 0 Å². The van der Waals surface area contributed by atoms with E-state index in [0.717, 1.165) is 0 Å². The van der Waals surface area contributed by atoms with Crippen molar-refractivity contribution >= 4 is 50.3 Å². The van der Waals surface area contributed by atoms with Crippen LogP contribution in [0.1, 0.15) is 10.4 Å². The third-order valence-electron chi connectivity index (χ3n) is 1.57. The molecule has 0 radical (unpaired) electrons. The number of aliphatic imine (C=N–C) groups is 1. The van der Waals surface area contributed by atoms with E-state index in [2.05, 4.69) is 20.9 Å². The molecule has 0 unspecified atom stereocenters. The predicted octanol–water partition coefficient (Wildman–Crippen LogP) is 1.75. The molecule has 1 rings (SSSR count). The third-order valence-corrected chi connectivity index (χ3v) is 2.08. The molecule has 1 aromatic carbocycles. The Morgan fingerprint density at radius 1 is 1.27 bits per heavy atom. The van der Waals surface area contributed by atoms with Gasteiger partial charge in [0, 0.05) is 5.56 Å². The first-order valence-corrected chi connectivity index (χ1v) is 5.04. The molecule has 0 aliphatic heterocycles. The van der Waals surface area contributed by atoms with E-state index >= 15 is 0 Å². The number of carbonyl (C=O) groups excluding carboxylic acids is 1. The number of carbonyl (C=O) groups is 1. The zero-order valence-corrected chi connectivity index (χ0v) is 11.1. The van der Waals surface area contributed by atoms with E-state index in [1.165, 1.54) is 0 Å². The first-order chi connectivity index (χ1) is 6.63. The minimum absolute atomic E-state index is 0. The molecule has 0 heterocycles. The number of hydrogen-bond donors (Lipinski definition) is 2. The van der Waals surface area contributed by atoms with Crippen molar-refractivity contribution in [3.63, 3.8) is 0 Å². The van der Waals surface area contributed by atoms with Gasteiger partial charge in [0.15, 0.2) is 11.7 Å². The van der Waals surface area contributed by atoms with Gasteiger partial charge in [-0.3, -0.25) is 4.79 Å². The van der Waals surface area contributed by atoms with Crippen molar-refractivity contribution in [1.29, 1.82) is 0 Å². The first-order valence-electron chi connectivity index (χ1n) is 3.92. The summed E-state index contributed by atoms with van der Waals surface area (Å²) in [6.07, 6.45) is 0. The lowest BCUT2D eigenvalue weighted by Crippen LogP contribution is -2.21. The zero-order valence-electron chi connectivity index (χ0n) is 7.81. The van der Waals surface area contributed by atoms with Crippen LogP contribution in [0.3, 0.4) is 0 Å². The molecule has 0 aliphatic carbocycles. The second kappa shape index (κ2) is 6.58. The summed E-state index contributed by atoms with van der Waals surface area (Å²) in [4.78, 5) is 15.0. The van der Waals surface area contributed by atoms with Gasteiger partial charge in [0.1, 0.15) is 0 Å². The average Bonchev–Trinajstić information content (AvgIpc) is 2.17. The van der Waals surface area contributed by atoms with E-state index < -0.39 is 0 Å². The Kier molecular flexibility index (Phi) is 6.19. The molecule has 0 spiro atoms. The summed E-state index contributed by atoms with van der Waals surface area (Å²) in [6.45, 7) is 0. The maximum Gasteiger partial charge on any atom is 0.191 e. The Labute approximate surface area is 107 Å². The fourth-order valence-electron chi connectivity index (χ4n) is 0.948. The van der Waals surface area contributed by atoms with Crippen molar-refractivity contribution in [2.45, 2.75) is 0 Å². The minimum Gasteiger partial charge on any atom is -0.370 e. The first kappa shape index (κ1) is 14.1. The lowest BCUT2D eigenvalue weighted by Gasteiger charge is -1.98. The van der Waals surface area contributed by atoms with Crippen LogP contribution in [0, 0.1) is 0 Å². The molecule has 0 aliphatic rings. The normalized spacial score (nSPS) is 8.87. The second-order valence-electron chi connectivity index (χ2n) is 2.64. The maximum atomic E-state index is 11.2. The van der Waals surface area contributed by atoms with Crippen LogP contribution in [-0.4, -0.2) is 17.1 Å². The fourth-order valence-corrected chi connectivity index (χ4v) is 1.27. The lowest BCUT2D eigenvalue weighted by molar-refractivity contribution is 0.102. The summed E-state index contributed by atoms with van der Waals surface area (Å²) in [5.74, 6) is 0.0332. The van der Waals surface area contributed by atoms with Gasteiger partial charge in [-0.25, -0.2) is 4.99 Å². The van der Waals surface area contributed by atoms with Crippen molar-refractivity contribution in [2.24, 2.45) is 16.5 Å². The van der Waals surface area contributed by atoms with Gasteiger partial charge in [0.25, 0.3) is 0 Å². The molecule has 0 atom stereocenters. The molecule has 0 saturated heterocycles. The molecule has 0 bridgehead atoms. The summed E-state index contributed by atoms with van der Waals surface area (Å²) in [5, 5.41) is 0.314. The smallest absolute Gasteiger partial charge is 0.191 e. The number of rotatable bonds is 3. The molecule has 0 fully saturated rings. The Morgan fingerprint density at radius 2 is 1.80 bits per heavy atom. The zero-order chi connectivity index (χ0) is 10.6. The summed E-state index contributed by atoms with van der Waals surface area (Å²) in [6, 6.07) is 6.75. The third kappa shape index (κ3) is 4.44. The molecule has 0 amide bonds. The number of benzene rings is 1. The molecular formula is C9H11Br2N3O. The number of hydrogen-bond acceptors (Lipinski definition) is 2. The van der Waals surface area contributed by atoms with Crippen LogP contribution >= 0.6 is 32.9 Å². The van der Waals surface area contributed by atoms with Crippen molar-refractivity contribution in [2.75, 3.05) is 5.33 Å². The Hall–Kier alpha value is -0.880. The fraction of sp³-hybridized carbons (Fsp3) is 0.111. The quantitative estimate of drug-likeness (QED) is 0.382. The summed E-state index contributed by atoms with van der Waals surface area (Å²) < 4.78 is 0. The van der Waals surface area contributed by atoms with Crippen molar-refractivity contribution in [3.05, 3.63) is 29.8 Å². The molecule has 82 valence electrons. The number of ketones is 1. The molecule has 0 aromatic heterocycles. The Morgan fingerprint density at radius 3 is 2.20 bits per heavy atom. The summed E-state index contributed by atoms with van der Waals surface area (Å²) in [7, 11) is 0. The van der Waals surface area contributed by atoms with Crippen molar-refractivity contribution in [1.82, 2.24) is 0 Å². The highest BCUT2D eigenvalue weighted by atomic mass is 79.9. The number of alkyl halides is 1. The van der Waals surface area contributed by atoms with Crippen molar-refractivity contribution in [3.8, 4) is 0 Å². The summed E-state index contributed by atoms with van der Waals surface area (Å²) >= 11 is 3.09. The van der Waals surface area contributed by atoms with Gasteiger partial charge in [-0.05, 0) is 24.3 Å². The topological polar surface area (TPSA) is 81.5 Å². The number of nitrogens with two attached hydrogens (primary N) is 2. The van der Waals surface area contributed by atoms with Crippen LogP contribution in [0.4, 0.5) is 5.69 Å². The van der Waals surface area contributed by atoms with Gasteiger partial charge in [-0.1, -0.05) is 15.9 Å². The molecule has 4 nitrogen and oxygen atoms in total. The highest BCUT2D eigenvalue weighted by Crippen LogP contribution is 2.13. The van der Waals surface area contributed by atoms with E-state index in [9.17, 15) is 4.79 Å². The van der Waals surface area contributed by atoms with E-state index in [1.807, 2.05) is 0 Å². The van der Waals surface area contributed by atoms with Crippen LogP contribution < -0.4 is 11.5 Å². The van der Waals surface area contributed by atoms with Crippen LogP contribution in [0.2, 0.25) is 0 Å². The van der Waals surface area contributed by atoms with Gasteiger partial charge in [0.05, 0.1) is 11.0 Å². The van der Waals surface area contributed by atoms with Crippen LogP contribution in [0.15, 0.2) is 29.3 Å². The van der Waals surface area contributed by atoms with Crippen LogP contribution in [0.25, 0.3) is 0 Å².